The molecule has 45 heavy (non-hydrogen) atoms. The maximum Gasteiger partial charge on any atom is 0.309 e. The molecule has 2 amide bonds. The lowest BCUT2D eigenvalue weighted by Crippen LogP contribution is -2.49. The number of esters is 1. The van der Waals surface area contributed by atoms with E-state index in [9.17, 15) is 19.5 Å². The molecule has 0 bridgehead atoms. The quantitative estimate of drug-likeness (QED) is 0.275. The van der Waals surface area contributed by atoms with Gasteiger partial charge in [0.2, 0.25) is 11.8 Å². The number of fused-ring (bicyclic) bond motifs is 1. The van der Waals surface area contributed by atoms with Crippen LogP contribution in [-0.2, 0) is 49.9 Å². The summed E-state index contributed by atoms with van der Waals surface area (Å²) >= 11 is 0. The second-order valence-corrected chi connectivity index (χ2v) is 11.9. The van der Waals surface area contributed by atoms with Gasteiger partial charge in [0.05, 0.1) is 43.7 Å². The van der Waals surface area contributed by atoms with E-state index in [-0.39, 0.29) is 56.0 Å². The number of nitrogens with one attached hydrogen (secondary N) is 1. The van der Waals surface area contributed by atoms with Crippen LogP contribution in [0.25, 0.3) is 0 Å². The fraction of sp³-hybridized carbons (Fsp3) is 0.378. The third kappa shape index (κ3) is 9.12. The van der Waals surface area contributed by atoms with Gasteiger partial charge in [-0.15, -0.1) is 0 Å². The van der Waals surface area contributed by atoms with Crippen molar-refractivity contribution in [3.63, 3.8) is 0 Å². The topological polar surface area (TPSA) is 105 Å². The number of carbonyl (C=O) groups excluding carboxylic acids is 3. The molecule has 0 fully saturated rings. The van der Waals surface area contributed by atoms with Crippen LogP contribution in [0.15, 0.2) is 97.1 Å². The van der Waals surface area contributed by atoms with Crippen molar-refractivity contribution in [3.8, 4) is 0 Å². The third-order valence-corrected chi connectivity index (χ3v) is 8.55. The van der Waals surface area contributed by atoms with E-state index in [2.05, 4.69) is 5.32 Å². The zero-order valence-corrected chi connectivity index (χ0v) is 25.6. The fourth-order valence-corrected chi connectivity index (χ4v) is 5.98. The molecular weight excluding hydrogens is 568 g/mol. The van der Waals surface area contributed by atoms with Gasteiger partial charge in [-0.05, 0) is 47.9 Å². The van der Waals surface area contributed by atoms with E-state index in [1.807, 2.05) is 97.1 Å². The van der Waals surface area contributed by atoms with Crippen LogP contribution < -0.4 is 5.32 Å². The Morgan fingerprint density at radius 1 is 0.867 bits per heavy atom. The monoisotopic (exact) mass is 610 g/mol. The molecule has 4 atom stereocenters. The van der Waals surface area contributed by atoms with Gasteiger partial charge >= 0.3 is 5.97 Å². The largest absolute Gasteiger partial charge is 0.463 e. The van der Waals surface area contributed by atoms with Gasteiger partial charge in [-0.25, -0.2) is 0 Å². The number of aliphatic hydroxyl groups excluding tert-OH is 1. The smallest absolute Gasteiger partial charge is 0.309 e. The average molecular weight is 611 g/mol. The Morgan fingerprint density at radius 3 is 2.22 bits per heavy atom. The van der Waals surface area contributed by atoms with E-state index in [0.29, 0.717) is 38.8 Å². The standard InChI is InChI=1S/C37H42N2O6/c40-23-34-20-29-15-7-10-18-32(29)22-39(34)35(41)21-30-16-8-9-17-31(19-27-11-3-1-4-12-27)37(43)45-26-33(38-36(30)42)25-44-24-28-13-5-2-6-14-28/h1-15,18,30-31,33-34,40H,16-17,19-26H2,(H,38,42). The molecule has 2 N–H and O–H groups in total. The summed E-state index contributed by atoms with van der Waals surface area (Å²) in [5.74, 6) is -1.81. The summed E-state index contributed by atoms with van der Waals surface area (Å²) in [5, 5.41) is 13.1. The summed E-state index contributed by atoms with van der Waals surface area (Å²) in [5.41, 5.74) is 4.22. The molecule has 0 saturated heterocycles. The van der Waals surface area contributed by atoms with E-state index in [1.165, 1.54) is 0 Å². The predicted molar refractivity (Wildman–Crippen MR) is 171 cm³/mol. The van der Waals surface area contributed by atoms with E-state index in [1.54, 1.807) is 4.90 Å². The number of hydrogen-bond acceptors (Lipinski definition) is 6. The highest BCUT2D eigenvalue weighted by Gasteiger charge is 2.33. The number of nitrogens with zero attached hydrogens (tertiary/aromatic N) is 1. The molecule has 2 aliphatic rings. The van der Waals surface area contributed by atoms with E-state index in [0.717, 1.165) is 22.3 Å². The van der Waals surface area contributed by atoms with Crippen LogP contribution in [0.3, 0.4) is 0 Å². The summed E-state index contributed by atoms with van der Waals surface area (Å²) in [7, 11) is 0. The molecule has 5 rings (SSSR count). The van der Waals surface area contributed by atoms with Crippen LogP contribution in [0.1, 0.15) is 41.5 Å². The minimum Gasteiger partial charge on any atom is -0.463 e. The van der Waals surface area contributed by atoms with Crippen LogP contribution in [0.5, 0.6) is 0 Å². The number of carbonyl (C=O) groups is 3. The van der Waals surface area contributed by atoms with E-state index >= 15 is 0 Å². The van der Waals surface area contributed by atoms with Gasteiger partial charge in [0, 0.05) is 13.0 Å². The number of rotatable bonds is 9. The summed E-state index contributed by atoms with van der Waals surface area (Å²) in [6, 6.07) is 26.6. The van der Waals surface area contributed by atoms with Gasteiger partial charge in [0.25, 0.3) is 0 Å². The Hall–Kier alpha value is -4.27. The summed E-state index contributed by atoms with van der Waals surface area (Å²) < 4.78 is 11.7. The molecule has 3 aromatic rings. The van der Waals surface area contributed by atoms with Crippen LogP contribution >= 0.6 is 0 Å². The fourth-order valence-electron chi connectivity index (χ4n) is 5.98. The minimum atomic E-state index is -0.635. The number of benzene rings is 3. The highest BCUT2D eigenvalue weighted by Crippen LogP contribution is 2.26. The normalized spacial score (nSPS) is 22.4. The number of cyclic esters (lactones) is 1. The number of ether oxygens (including phenoxy) is 2. The van der Waals surface area contributed by atoms with Gasteiger partial charge in [-0.3, -0.25) is 14.4 Å². The predicted octanol–water partition coefficient (Wildman–Crippen LogP) is 4.39. The molecule has 8 heteroatoms. The van der Waals surface area contributed by atoms with E-state index < -0.39 is 12.0 Å². The van der Waals surface area contributed by atoms with Crippen molar-refractivity contribution >= 4 is 17.8 Å². The Morgan fingerprint density at radius 2 is 1.51 bits per heavy atom. The molecule has 2 heterocycles. The zero-order valence-electron chi connectivity index (χ0n) is 25.6. The lowest BCUT2D eigenvalue weighted by Gasteiger charge is -2.36. The summed E-state index contributed by atoms with van der Waals surface area (Å²) in [6.07, 6.45) is 5.71. The van der Waals surface area contributed by atoms with Crippen molar-refractivity contribution in [1.82, 2.24) is 10.2 Å². The van der Waals surface area contributed by atoms with Crippen molar-refractivity contribution in [2.24, 2.45) is 11.8 Å². The maximum absolute atomic E-state index is 13.7. The first kappa shape index (κ1) is 32.1. The summed E-state index contributed by atoms with van der Waals surface area (Å²) in [4.78, 5) is 42.3. The van der Waals surface area contributed by atoms with Crippen LogP contribution in [0.4, 0.5) is 0 Å². The molecule has 2 aliphatic heterocycles. The third-order valence-electron chi connectivity index (χ3n) is 8.55. The number of amides is 2. The van der Waals surface area contributed by atoms with Gasteiger partial charge in [0.15, 0.2) is 0 Å². The molecule has 8 nitrogen and oxygen atoms in total. The van der Waals surface area contributed by atoms with Crippen molar-refractivity contribution in [3.05, 3.63) is 119 Å². The zero-order chi connectivity index (χ0) is 31.4. The molecule has 0 spiro atoms. The van der Waals surface area contributed by atoms with Gasteiger partial charge in [-0.2, -0.15) is 0 Å². The van der Waals surface area contributed by atoms with Crippen molar-refractivity contribution in [2.45, 2.75) is 57.3 Å². The Kier molecular flexibility index (Phi) is 11.5. The second-order valence-electron chi connectivity index (χ2n) is 11.9. The van der Waals surface area contributed by atoms with Gasteiger partial charge in [-0.1, -0.05) is 97.1 Å². The Balaban J connectivity index is 1.31. The van der Waals surface area contributed by atoms with Gasteiger partial charge in [0.1, 0.15) is 6.61 Å². The molecule has 0 aliphatic carbocycles. The highest BCUT2D eigenvalue weighted by molar-refractivity contribution is 5.86. The van der Waals surface area contributed by atoms with Crippen LogP contribution in [-0.4, -0.2) is 59.7 Å². The Labute approximate surface area is 265 Å². The van der Waals surface area contributed by atoms with Crippen LogP contribution in [0, 0.1) is 11.8 Å². The second kappa shape index (κ2) is 16.2. The van der Waals surface area contributed by atoms with Crippen molar-refractivity contribution in [2.75, 3.05) is 19.8 Å². The lowest BCUT2D eigenvalue weighted by atomic mass is 9.92. The number of allylic oxidation sites excluding steroid dienone is 2. The molecule has 4 unspecified atom stereocenters. The molecule has 0 saturated carbocycles. The maximum atomic E-state index is 13.7. The Bertz CT molecular complexity index is 1440. The van der Waals surface area contributed by atoms with Crippen molar-refractivity contribution < 1.29 is 29.0 Å². The lowest BCUT2D eigenvalue weighted by molar-refractivity contribution is -0.150. The van der Waals surface area contributed by atoms with Crippen molar-refractivity contribution in [1.29, 1.82) is 0 Å². The minimum absolute atomic E-state index is 0.000333. The SMILES string of the molecule is O=C1NC(COCc2ccccc2)COC(=O)C(Cc2ccccc2)CC=CCC1CC(=O)N1Cc2ccccc2CC1CO. The first-order valence-electron chi connectivity index (χ1n) is 15.7. The molecule has 0 aromatic heterocycles. The number of aliphatic hydroxyl groups is 1. The first-order valence-corrected chi connectivity index (χ1v) is 15.7. The molecule has 0 radical (unpaired) electrons. The average Bonchev–Trinajstić information content (AvgIpc) is 3.07. The van der Waals surface area contributed by atoms with E-state index in [4.69, 9.17) is 9.47 Å². The molecule has 3 aromatic carbocycles. The first-order chi connectivity index (χ1) is 22.0. The molecule has 236 valence electrons. The van der Waals surface area contributed by atoms with Gasteiger partial charge < -0.3 is 24.8 Å². The highest BCUT2D eigenvalue weighted by atomic mass is 16.5. The molecular formula is C37H42N2O6. The number of hydrogen-bond donors (Lipinski definition) is 2. The summed E-state index contributed by atoms with van der Waals surface area (Å²) in [6.45, 7) is 0.707. The van der Waals surface area contributed by atoms with Crippen LogP contribution in [0.2, 0.25) is 0 Å².